The Kier molecular flexibility index (Phi) is 6.61. The predicted molar refractivity (Wildman–Crippen MR) is 123 cm³/mol. The van der Waals surface area contributed by atoms with Crippen LogP contribution in [-0.2, 0) is 20.0 Å². The molecular formula is C18H24N10O4S2. The van der Waals surface area contributed by atoms with E-state index < -0.39 is 35.9 Å². The van der Waals surface area contributed by atoms with E-state index in [0.717, 1.165) is 0 Å². The molecular weight excluding hydrogens is 484 g/mol. The topological polar surface area (TPSA) is 229 Å². The Hall–Kier alpha value is -3.02. The number of benzene rings is 1. The van der Waals surface area contributed by atoms with E-state index in [9.17, 15) is 16.8 Å². The zero-order valence-corrected chi connectivity index (χ0v) is 19.6. The number of rotatable bonds is 8. The van der Waals surface area contributed by atoms with Crippen LogP contribution >= 0.6 is 0 Å². The van der Waals surface area contributed by atoms with Crippen molar-refractivity contribution in [1.82, 2.24) is 35.2 Å². The Morgan fingerprint density at radius 2 is 1.97 bits per heavy atom. The number of nitrogens with zero attached hydrogens (tertiary/aromatic N) is 5. The minimum Gasteiger partial charge on any atom is -0.384 e. The first-order valence-electron chi connectivity index (χ1n) is 10.2. The molecule has 1 aromatic carbocycles. The van der Waals surface area contributed by atoms with Crippen LogP contribution in [0.2, 0.25) is 0 Å². The third kappa shape index (κ3) is 4.91. The van der Waals surface area contributed by atoms with Gasteiger partial charge in [-0.1, -0.05) is 6.07 Å². The SMILES string of the molecule is NCCN1CCC(NS(=O)(=O)c2ccc(-c3ccc(N)nc3)c(-c3nn[nH]n3)c2S(N)(=O)=O)C1. The van der Waals surface area contributed by atoms with Gasteiger partial charge in [-0.15, -0.1) is 10.2 Å². The summed E-state index contributed by atoms with van der Waals surface area (Å²) in [6.45, 7) is 2.20. The molecule has 1 aliphatic heterocycles. The van der Waals surface area contributed by atoms with E-state index >= 15 is 0 Å². The maximum atomic E-state index is 13.4. The molecule has 3 heterocycles. The number of tetrazole rings is 1. The molecule has 1 fully saturated rings. The molecule has 1 aliphatic rings. The number of nitrogens with one attached hydrogen (secondary N) is 2. The largest absolute Gasteiger partial charge is 0.384 e. The lowest BCUT2D eigenvalue weighted by atomic mass is 10.0. The molecule has 1 unspecified atom stereocenters. The Bertz CT molecular complexity index is 1380. The maximum absolute atomic E-state index is 13.4. The number of aromatic nitrogens is 5. The number of H-pyrrole nitrogens is 1. The van der Waals surface area contributed by atoms with Crippen LogP contribution in [0.15, 0.2) is 40.3 Å². The van der Waals surface area contributed by atoms with Crippen LogP contribution in [0.1, 0.15) is 6.42 Å². The number of hydrogen-bond acceptors (Lipinski definition) is 11. The number of hydrogen-bond donors (Lipinski definition) is 5. The molecule has 14 nitrogen and oxygen atoms in total. The normalized spacial score (nSPS) is 17.3. The van der Waals surface area contributed by atoms with Gasteiger partial charge in [0.2, 0.25) is 25.9 Å². The molecule has 182 valence electrons. The fraction of sp³-hybridized carbons (Fsp3) is 0.333. The van der Waals surface area contributed by atoms with Crippen molar-refractivity contribution in [1.29, 1.82) is 0 Å². The summed E-state index contributed by atoms with van der Waals surface area (Å²) in [6.07, 6.45) is 1.97. The van der Waals surface area contributed by atoms with E-state index in [1.165, 1.54) is 24.4 Å². The van der Waals surface area contributed by atoms with Gasteiger partial charge in [-0.05, 0) is 41.9 Å². The number of anilines is 1. The van der Waals surface area contributed by atoms with Crippen molar-refractivity contribution >= 4 is 25.9 Å². The van der Waals surface area contributed by atoms with E-state index in [0.29, 0.717) is 38.2 Å². The number of primary sulfonamides is 1. The molecule has 1 saturated heterocycles. The summed E-state index contributed by atoms with van der Waals surface area (Å²) in [7, 11) is -8.88. The molecule has 0 amide bonds. The van der Waals surface area contributed by atoms with Crippen LogP contribution in [-0.4, -0.2) is 79.6 Å². The maximum Gasteiger partial charge on any atom is 0.242 e. The van der Waals surface area contributed by atoms with Crippen molar-refractivity contribution in [3.8, 4) is 22.5 Å². The van der Waals surface area contributed by atoms with Crippen LogP contribution in [0, 0.1) is 0 Å². The molecule has 0 spiro atoms. The van der Waals surface area contributed by atoms with Crippen molar-refractivity contribution in [3.05, 3.63) is 30.5 Å². The molecule has 34 heavy (non-hydrogen) atoms. The Morgan fingerprint density at radius 3 is 2.59 bits per heavy atom. The van der Waals surface area contributed by atoms with Gasteiger partial charge in [-0.3, -0.25) is 0 Å². The highest BCUT2D eigenvalue weighted by atomic mass is 32.2. The van der Waals surface area contributed by atoms with Crippen LogP contribution in [0.5, 0.6) is 0 Å². The van der Waals surface area contributed by atoms with Gasteiger partial charge >= 0.3 is 0 Å². The number of nitrogen functional groups attached to an aromatic ring is 1. The molecule has 16 heteroatoms. The summed E-state index contributed by atoms with van der Waals surface area (Å²) in [5, 5.41) is 19.0. The summed E-state index contributed by atoms with van der Waals surface area (Å²) in [6, 6.07) is 5.33. The molecule has 2 aromatic heterocycles. The third-order valence-corrected chi connectivity index (χ3v) is 8.09. The third-order valence-electron chi connectivity index (χ3n) is 5.40. The highest BCUT2D eigenvalue weighted by molar-refractivity contribution is 7.92. The zero-order valence-electron chi connectivity index (χ0n) is 17.9. The molecule has 1 atom stereocenters. The van der Waals surface area contributed by atoms with Gasteiger partial charge in [0.1, 0.15) is 15.6 Å². The molecule has 0 saturated carbocycles. The summed E-state index contributed by atoms with van der Waals surface area (Å²) in [4.78, 5) is 4.88. The zero-order chi connectivity index (χ0) is 24.5. The molecule has 0 aliphatic carbocycles. The number of sulfonamides is 2. The highest BCUT2D eigenvalue weighted by Gasteiger charge is 2.34. The monoisotopic (exact) mass is 508 g/mol. The highest BCUT2D eigenvalue weighted by Crippen LogP contribution is 2.38. The van der Waals surface area contributed by atoms with Gasteiger partial charge in [0.15, 0.2) is 0 Å². The Labute approximate surface area is 196 Å². The van der Waals surface area contributed by atoms with Crippen molar-refractivity contribution in [2.75, 3.05) is 31.9 Å². The van der Waals surface area contributed by atoms with Crippen LogP contribution < -0.4 is 21.3 Å². The predicted octanol–water partition coefficient (Wildman–Crippen LogP) is -1.53. The van der Waals surface area contributed by atoms with Gasteiger partial charge in [0.05, 0.1) is 5.56 Å². The van der Waals surface area contributed by atoms with E-state index in [1.54, 1.807) is 6.07 Å². The second-order valence-electron chi connectivity index (χ2n) is 7.76. The smallest absolute Gasteiger partial charge is 0.242 e. The molecule has 0 bridgehead atoms. The molecule has 4 rings (SSSR count). The fourth-order valence-electron chi connectivity index (χ4n) is 3.95. The summed E-state index contributed by atoms with van der Waals surface area (Å²) >= 11 is 0. The lowest BCUT2D eigenvalue weighted by molar-refractivity contribution is 0.341. The first-order chi connectivity index (χ1) is 16.1. The van der Waals surface area contributed by atoms with Crippen LogP contribution in [0.3, 0.4) is 0 Å². The fourth-order valence-corrected chi connectivity index (χ4v) is 6.81. The molecule has 8 N–H and O–H groups in total. The lowest BCUT2D eigenvalue weighted by Gasteiger charge is -2.19. The minimum atomic E-state index is -4.58. The van der Waals surface area contributed by atoms with Gasteiger partial charge in [0, 0.05) is 37.4 Å². The van der Waals surface area contributed by atoms with Gasteiger partial charge in [-0.2, -0.15) is 5.21 Å². The van der Waals surface area contributed by atoms with Crippen molar-refractivity contribution in [3.63, 3.8) is 0 Å². The summed E-state index contributed by atoms with van der Waals surface area (Å²) in [5.41, 5.74) is 11.9. The average Bonchev–Trinajstić information content (AvgIpc) is 3.45. The van der Waals surface area contributed by atoms with Gasteiger partial charge in [0.25, 0.3) is 0 Å². The number of likely N-dealkylation sites (tertiary alicyclic amines) is 1. The molecule has 0 radical (unpaired) electrons. The first-order valence-corrected chi connectivity index (χ1v) is 13.2. The quantitative estimate of drug-likeness (QED) is 0.234. The number of nitrogens with two attached hydrogens (primary N) is 3. The Balaban J connectivity index is 1.87. The summed E-state index contributed by atoms with van der Waals surface area (Å²) < 4.78 is 54.9. The van der Waals surface area contributed by atoms with Crippen molar-refractivity contribution in [2.24, 2.45) is 10.9 Å². The number of aromatic amines is 1. The molecule has 3 aromatic rings. The van der Waals surface area contributed by atoms with Gasteiger partial charge in [-0.25, -0.2) is 31.7 Å². The van der Waals surface area contributed by atoms with Crippen LogP contribution in [0.4, 0.5) is 5.82 Å². The number of pyridine rings is 1. The lowest BCUT2D eigenvalue weighted by Crippen LogP contribution is -2.38. The second-order valence-corrected chi connectivity index (χ2v) is 10.9. The Morgan fingerprint density at radius 1 is 1.18 bits per heavy atom. The van der Waals surface area contributed by atoms with Crippen LogP contribution in [0.25, 0.3) is 22.5 Å². The summed E-state index contributed by atoms with van der Waals surface area (Å²) in [5.74, 6) is 0.100. The first kappa shape index (κ1) is 24.1. The average molecular weight is 509 g/mol. The van der Waals surface area contributed by atoms with Gasteiger partial charge < -0.3 is 16.4 Å². The standard InChI is InChI=1S/C18H24N10O4S2/c19-6-8-28-7-5-12(10-28)25-34(31,32)14-3-2-13(11-1-4-15(20)22-9-11)16(17(14)33(21,29)30)18-23-26-27-24-18/h1-4,9,12,25H,5-8,10,19H2,(H2,20,22)(H2,21,29,30)(H,23,24,26,27). The van der Waals surface area contributed by atoms with E-state index in [4.69, 9.17) is 16.6 Å². The van der Waals surface area contributed by atoms with E-state index in [2.05, 4.69) is 30.3 Å². The van der Waals surface area contributed by atoms with Crippen molar-refractivity contribution in [2.45, 2.75) is 22.3 Å². The second kappa shape index (κ2) is 9.32. The van der Waals surface area contributed by atoms with Crippen molar-refractivity contribution < 1.29 is 16.8 Å². The van der Waals surface area contributed by atoms with E-state index in [-0.39, 0.29) is 22.8 Å². The van der Waals surface area contributed by atoms with E-state index in [1.807, 2.05) is 4.90 Å². The minimum absolute atomic E-state index is 0.123.